The summed E-state index contributed by atoms with van der Waals surface area (Å²) >= 11 is 11.8. The average molecular weight is 343 g/mol. The van der Waals surface area contributed by atoms with Crippen molar-refractivity contribution < 1.29 is 9.00 Å². The van der Waals surface area contributed by atoms with Gasteiger partial charge in [0.15, 0.2) is 0 Å². The Balaban J connectivity index is 2.33. The Hall–Kier alpha value is -1.56. The molecule has 21 heavy (non-hydrogen) atoms. The van der Waals surface area contributed by atoms with Gasteiger partial charge in [-0.25, -0.2) is 4.21 Å². The van der Waals surface area contributed by atoms with Crippen molar-refractivity contribution in [3.63, 3.8) is 0 Å². The molecule has 0 radical (unpaired) electrons. The third-order valence-electron chi connectivity index (χ3n) is 2.65. The predicted octanol–water partition coefficient (Wildman–Crippen LogP) is 3.70. The summed E-state index contributed by atoms with van der Waals surface area (Å²) in [6, 6.07) is 9.60. The normalized spacial score (nSPS) is 12.0. The molecule has 110 valence electrons. The number of benzene rings is 2. The van der Waals surface area contributed by atoms with E-state index in [9.17, 15) is 9.00 Å². The summed E-state index contributed by atoms with van der Waals surface area (Å²) in [5.41, 5.74) is 6.67. The van der Waals surface area contributed by atoms with Gasteiger partial charge in [0, 0.05) is 16.7 Å². The molecule has 7 heteroatoms. The van der Waals surface area contributed by atoms with E-state index in [-0.39, 0.29) is 5.91 Å². The highest BCUT2D eigenvalue weighted by molar-refractivity contribution is 7.85. The monoisotopic (exact) mass is 342 g/mol. The first kappa shape index (κ1) is 15.8. The Kier molecular flexibility index (Phi) is 4.88. The van der Waals surface area contributed by atoms with E-state index in [4.69, 9.17) is 28.9 Å². The van der Waals surface area contributed by atoms with Crippen LogP contribution in [0.2, 0.25) is 10.0 Å². The summed E-state index contributed by atoms with van der Waals surface area (Å²) < 4.78 is 12.5. The smallest absolute Gasteiger partial charge is 0.221 e. The topological polar surface area (TPSA) is 72.2 Å². The summed E-state index contributed by atoms with van der Waals surface area (Å²) in [7, 11) is -1.43. The van der Waals surface area contributed by atoms with Gasteiger partial charge >= 0.3 is 0 Å². The number of hydrogen-bond donors (Lipinski definition) is 2. The Morgan fingerprint density at radius 3 is 2.29 bits per heavy atom. The van der Waals surface area contributed by atoms with E-state index in [1.807, 2.05) is 0 Å². The van der Waals surface area contributed by atoms with Crippen molar-refractivity contribution in [3.05, 3.63) is 46.4 Å². The van der Waals surface area contributed by atoms with E-state index in [0.717, 1.165) is 0 Å². The van der Waals surface area contributed by atoms with E-state index in [1.165, 1.54) is 6.92 Å². The molecule has 2 aromatic rings. The highest BCUT2D eigenvalue weighted by Crippen LogP contribution is 2.28. The lowest BCUT2D eigenvalue weighted by Gasteiger charge is -2.09. The minimum atomic E-state index is -1.43. The number of carbonyl (C=O) groups is 1. The molecule has 0 fully saturated rings. The maximum absolute atomic E-state index is 12.5. The van der Waals surface area contributed by atoms with Gasteiger partial charge in [0.1, 0.15) is 0 Å². The molecule has 0 saturated heterocycles. The van der Waals surface area contributed by atoms with Crippen molar-refractivity contribution in [1.29, 1.82) is 0 Å². The molecule has 0 bridgehead atoms. The highest BCUT2D eigenvalue weighted by Gasteiger charge is 2.11. The first-order valence-electron chi connectivity index (χ1n) is 5.92. The quantitative estimate of drug-likeness (QED) is 0.835. The van der Waals surface area contributed by atoms with Gasteiger partial charge in [0.25, 0.3) is 0 Å². The Morgan fingerprint density at radius 1 is 1.10 bits per heavy atom. The molecular formula is C14H12Cl2N2O2S. The van der Waals surface area contributed by atoms with Gasteiger partial charge in [0.05, 0.1) is 32.2 Å². The molecule has 0 saturated carbocycles. The molecule has 4 nitrogen and oxygen atoms in total. The Labute approximate surface area is 134 Å². The fourth-order valence-electron chi connectivity index (χ4n) is 1.69. The van der Waals surface area contributed by atoms with E-state index in [1.54, 1.807) is 36.4 Å². The number of nitrogens with one attached hydrogen (secondary N) is 1. The van der Waals surface area contributed by atoms with Gasteiger partial charge in [0.2, 0.25) is 5.91 Å². The number of rotatable bonds is 3. The van der Waals surface area contributed by atoms with Crippen LogP contribution in [0.15, 0.2) is 46.2 Å². The van der Waals surface area contributed by atoms with Crippen LogP contribution in [-0.4, -0.2) is 10.1 Å². The number of nitrogens with two attached hydrogens (primary N) is 1. The molecule has 0 aromatic heterocycles. The van der Waals surface area contributed by atoms with Crippen LogP contribution in [0.4, 0.5) is 11.4 Å². The zero-order valence-corrected chi connectivity index (χ0v) is 13.4. The SMILES string of the molecule is CC(=O)Nc1ccc(S(=O)c2ccc(Cl)c(Cl)c2)cc1N. The predicted molar refractivity (Wildman–Crippen MR) is 86.3 cm³/mol. The van der Waals surface area contributed by atoms with Crippen LogP contribution in [0.1, 0.15) is 6.92 Å². The van der Waals surface area contributed by atoms with Crippen molar-refractivity contribution >= 4 is 51.3 Å². The largest absolute Gasteiger partial charge is 0.397 e. The molecule has 0 spiro atoms. The average Bonchev–Trinajstić information content (AvgIpc) is 2.43. The van der Waals surface area contributed by atoms with Gasteiger partial charge < -0.3 is 11.1 Å². The Bertz CT molecular complexity index is 735. The lowest BCUT2D eigenvalue weighted by Crippen LogP contribution is -2.08. The number of amides is 1. The van der Waals surface area contributed by atoms with Gasteiger partial charge in [-0.3, -0.25) is 4.79 Å². The van der Waals surface area contributed by atoms with E-state index >= 15 is 0 Å². The molecule has 0 aliphatic rings. The van der Waals surface area contributed by atoms with Crippen molar-refractivity contribution in [2.24, 2.45) is 0 Å². The third-order valence-corrected chi connectivity index (χ3v) is 4.76. The zero-order valence-electron chi connectivity index (χ0n) is 11.0. The molecule has 2 rings (SSSR count). The number of carbonyl (C=O) groups excluding carboxylic acids is 1. The maximum Gasteiger partial charge on any atom is 0.221 e. The summed E-state index contributed by atoms with van der Waals surface area (Å²) in [4.78, 5) is 12.1. The second-order valence-electron chi connectivity index (χ2n) is 4.27. The second-order valence-corrected chi connectivity index (χ2v) is 6.57. The molecule has 1 atom stereocenters. The minimum absolute atomic E-state index is 0.222. The summed E-state index contributed by atoms with van der Waals surface area (Å²) in [5.74, 6) is -0.222. The lowest BCUT2D eigenvalue weighted by molar-refractivity contribution is -0.114. The van der Waals surface area contributed by atoms with Crippen LogP contribution in [0.3, 0.4) is 0 Å². The molecule has 0 aliphatic carbocycles. The van der Waals surface area contributed by atoms with Crippen LogP contribution in [0.5, 0.6) is 0 Å². The first-order chi connectivity index (χ1) is 9.88. The van der Waals surface area contributed by atoms with Crippen LogP contribution < -0.4 is 11.1 Å². The van der Waals surface area contributed by atoms with Crippen LogP contribution in [-0.2, 0) is 15.6 Å². The van der Waals surface area contributed by atoms with E-state index < -0.39 is 10.8 Å². The number of hydrogen-bond acceptors (Lipinski definition) is 3. The molecule has 3 N–H and O–H groups in total. The number of nitrogen functional groups attached to an aromatic ring is 1. The fourth-order valence-corrected chi connectivity index (χ4v) is 3.17. The standard InChI is InChI=1S/C14H12Cl2N2O2S/c1-8(19)18-14-5-3-10(7-13(14)17)21(20)9-2-4-11(15)12(16)6-9/h2-7H,17H2,1H3,(H,18,19). The van der Waals surface area contributed by atoms with Gasteiger partial charge in [-0.2, -0.15) is 0 Å². The maximum atomic E-state index is 12.5. The van der Waals surface area contributed by atoms with Crippen molar-refractivity contribution in [3.8, 4) is 0 Å². The van der Waals surface area contributed by atoms with Crippen molar-refractivity contribution in [2.75, 3.05) is 11.1 Å². The Morgan fingerprint density at radius 2 is 1.71 bits per heavy atom. The van der Waals surface area contributed by atoms with Crippen LogP contribution in [0, 0.1) is 0 Å². The first-order valence-corrected chi connectivity index (χ1v) is 7.83. The zero-order chi connectivity index (χ0) is 15.6. The molecule has 1 unspecified atom stereocenters. The molecule has 2 aromatic carbocycles. The van der Waals surface area contributed by atoms with Gasteiger partial charge in [-0.1, -0.05) is 23.2 Å². The van der Waals surface area contributed by atoms with Crippen LogP contribution in [0.25, 0.3) is 0 Å². The van der Waals surface area contributed by atoms with E-state index in [0.29, 0.717) is 31.2 Å². The number of anilines is 2. The summed E-state index contributed by atoms with van der Waals surface area (Å²) in [6.07, 6.45) is 0. The van der Waals surface area contributed by atoms with Crippen LogP contribution >= 0.6 is 23.2 Å². The minimum Gasteiger partial charge on any atom is -0.397 e. The fraction of sp³-hybridized carbons (Fsp3) is 0.0714. The molecule has 1 amide bonds. The molecule has 0 heterocycles. The molecular weight excluding hydrogens is 331 g/mol. The van der Waals surface area contributed by atoms with Gasteiger partial charge in [-0.15, -0.1) is 0 Å². The van der Waals surface area contributed by atoms with Crippen molar-refractivity contribution in [1.82, 2.24) is 0 Å². The molecule has 0 aliphatic heterocycles. The van der Waals surface area contributed by atoms with Crippen molar-refractivity contribution in [2.45, 2.75) is 16.7 Å². The number of halogens is 2. The van der Waals surface area contributed by atoms with E-state index in [2.05, 4.69) is 5.32 Å². The summed E-state index contributed by atoms with van der Waals surface area (Å²) in [5, 5.41) is 3.33. The summed E-state index contributed by atoms with van der Waals surface area (Å²) in [6.45, 7) is 1.39. The lowest BCUT2D eigenvalue weighted by atomic mass is 10.2. The highest BCUT2D eigenvalue weighted by atomic mass is 35.5. The second kappa shape index (κ2) is 6.47. The third kappa shape index (κ3) is 3.75. The van der Waals surface area contributed by atoms with Gasteiger partial charge in [-0.05, 0) is 36.4 Å².